The molecule has 0 unspecified atom stereocenters. The largest absolute Gasteiger partial charge is 0.456 e. The van der Waals surface area contributed by atoms with E-state index in [1.54, 1.807) is 0 Å². The zero-order valence-electron chi connectivity index (χ0n) is 14.5. The van der Waals surface area contributed by atoms with Crippen molar-refractivity contribution >= 4 is 58.8 Å². The van der Waals surface area contributed by atoms with Gasteiger partial charge >= 0.3 is 24.0 Å². The number of carbonyl (C=O) groups is 4. The summed E-state index contributed by atoms with van der Waals surface area (Å²) in [6, 6.07) is -1.27. The SMILES string of the molecule is CC(=O)O[C@H]1OC[C@@H](OC(C)=O)[C@H](OC(C)=O)[C@H]1NC(=O)OCC(Cl)(Cl)Cl. The Kier molecular flexibility index (Phi) is 8.86. The highest BCUT2D eigenvalue weighted by Gasteiger charge is 2.47. The van der Waals surface area contributed by atoms with Gasteiger partial charge in [0, 0.05) is 20.8 Å². The molecule has 13 heteroatoms. The Morgan fingerprint density at radius 1 is 1.00 bits per heavy atom. The molecule has 0 bridgehead atoms. The van der Waals surface area contributed by atoms with Crippen molar-refractivity contribution in [1.29, 1.82) is 0 Å². The summed E-state index contributed by atoms with van der Waals surface area (Å²) in [5, 5.41) is 2.30. The van der Waals surface area contributed by atoms with Crippen LogP contribution >= 0.6 is 34.8 Å². The number of esters is 3. The van der Waals surface area contributed by atoms with Crippen LogP contribution in [0.4, 0.5) is 4.79 Å². The van der Waals surface area contributed by atoms with Crippen molar-refractivity contribution in [1.82, 2.24) is 5.32 Å². The van der Waals surface area contributed by atoms with Crippen molar-refractivity contribution < 1.29 is 42.9 Å². The van der Waals surface area contributed by atoms with Crippen LogP contribution in [0, 0.1) is 0 Å². The topological polar surface area (TPSA) is 126 Å². The molecular weight excluding hydrogens is 433 g/mol. The first kappa shape index (κ1) is 23.5. The molecule has 0 saturated carbocycles. The molecule has 0 aromatic carbocycles. The van der Waals surface area contributed by atoms with E-state index >= 15 is 0 Å². The third-order valence-electron chi connectivity index (χ3n) is 2.99. The number of amides is 1. The maximum Gasteiger partial charge on any atom is 0.407 e. The van der Waals surface area contributed by atoms with Gasteiger partial charge in [-0.2, -0.15) is 0 Å². The van der Waals surface area contributed by atoms with Crippen LogP contribution < -0.4 is 5.32 Å². The molecule has 1 N–H and O–H groups in total. The lowest BCUT2D eigenvalue weighted by molar-refractivity contribution is -0.239. The molecule has 4 atom stereocenters. The number of rotatable bonds is 5. The number of halogens is 3. The minimum atomic E-state index is -1.86. The van der Waals surface area contributed by atoms with Gasteiger partial charge in [0.15, 0.2) is 12.2 Å². The smallest absolute Gasteiger partial charge is 0.407 e. The molecule has 154 valence electrons. The zero-order chi connectivity index (χ0) is 20.8. The van der Waals surface area contributed by atoms with Crippen LogP contribution in [-0.4, -0.2) is 65.5 Å². The number of hydrogen-bond acceptors (Lipinski definition) is 9. The van der Waals surface area contributed by atoms with Gasteiger partial charge in [0.2, 0.25) is 10.1 Å². The summed E-state index contributed by atoms with van der Waals surface area (Å²) in [6.07, 6.45) is -4.73. The third kappa shape index (κ3) is 8.83. The summed E-state index contributed by atoms with van der Waals surface area (Å²) >= 11 is 16.5. The van der Waals surface area contributed by atoms with Crippen molar-refractivity contribution in [3.05, 3.63) is 0 Å². The second-order valence-electron chi connectivity index (χ2n) is 5.39. The van der Waals surface area contributed by atoms with E-state index in [9.17, 15) is 19.2 Å². The number of hydrogen-bond donors (Lipinski definition) is 1. The third-order valence-corrected chi connectivity index (χ3v) is 3.32. The van der Waals surface area contributed by atoms with E-state index in [0.717, 1.165) is 20.8 Å². The second-order valence-corrected chi connectivity index (χ2v) is 7.91. The minimum absolute atomic E-state index is 0.253. The molecule has 1 aliphatic heterocycles. The fourth-order valence-corrected chi connectivity index (χ4v) is 2.34. The van der Waals surface area contributed by atoms with E-state index in [-0.39, 0.29) is 6.61 Å². The summed E-state index contributed by atoms with van der Waals surface area (Å²) in [7, 11) is 0. The zero-order valence-corrected chi connectivity index (χ0v) is 16.8. The fraction of sp³-hybridized carbons (Fsp3) is 0.714. The Morgan fingerprint density at radius 3 is 2.04 bits per heavy atom. The molecule has 1 saturated heterocycles. The van der Waals surface area contributed by atoms with Crippen LogP contribution in [0.5, 0.6) is 0 Å². The van der Waals surface area contributed by atoms with Gasteiger partial charge in [-0.25, -0.2) is 4.79 Å². The Hall–Kier alpha value is -1.49. The van der Waals surface area contributed by atoms with E-state index in [1.165, 1.54) is 0 Å². The van der Waals surface area contributed by atoms with E-state index < -0.39 is 58.9 Å². The monoisotopic (exact) mass is 449 g/mol. The van der Waals surface area contributed by atoms with E-state index in [1.807, 2.05) is 0 Å². The minimum Gasteiger partial charge on any atom is -0.456 e. The van der Waals surface area contributed by atoms with Crippen molar-refractivity contribution in [3.63, 3.8) is 0 Å². The molecule has 1 fully saturated rings. The lowest BCUT2D eigenvalue weighted by Crippen LogP contribution is -2.63. The lowest BCUT2D eigenvalue weighted by Gasteiger charge is -2.40. The van der Waals surface area contributed by atoms with Gasteiger partial charge in [-0.05, 0) is 0 Å². The second kappa shape index (κ2) is 10.2. The van der Waals surface area contributed by atoms with Gasteiger partial charge in [0.05, 0.1) is 6.61 Å². The van der Waals surface area contributed by atoms with E-state index in [2.05, 4.69) is 5.32 Å². The Morgan fingerprint density at radius 2 is 1.56 bits per heavy atom. The number of ether oxygens (including phenoxy) is 5. The molecule has 10 nitrogen and oxygen atoms in total. The highest BCUT2D eigenvalue weighted by molar-refractivity contribution is 6.67. The molecule has 1 rings (SSSR count). The van der Waals surface area contributed by atoms with E-state index in [0.29, 0.717) is 0 Å². The van der Waals surface area contributed by atoms with Gasteiger partial charge in [-0.3, -0.25) is 14.4 Å². The Balaban J connectivity index is 3.02. The quantitative estimate of drug-likeness (QED) is 0.374. The van der Waals surface area contributed by atoms with Crippen LogP contribution in [0.15, 0.2) is 0 Å². The first-order valence-corrected chi connectivity index (χ1v) is 8.65. The normalized spacial score (nSPS) is 25.1. The van der Waals surface area contributed by atoms with Crippen molar-refractivity contribution in [3.8, 4) is 0 Å². The molecule has 0 aliphatic carbocycles. The molecule has 1 aliphatic rings. The number of alkyl carbamates (subject to hydrolysis) is 1. The fourth-order valence-electron chi connectivity index (χ4n) is 2.18. The number of alkyl halides is 3. The lowest BCUT2D eigenvalue weighted by atomic mass is 10.0. The van der Waals surface area contributed by atoms with Gasteiger partial charge in [0.1, 0.15) is 12.6 Å². The summed E-state index contributed by atoms with van der Waals surface area (Å²) < 4.78 is 23.4. The summed E-state index contributed by atoms with van der Waals surface area (Å²) in [5.41, 5.74) is 0. The van der Waals surface area contributed by atoms with E-state index in [4.69, 9.17) is 58.5 Å². The van der Waals surface area contributed by atoms with Crippen LogP contribution in [0.2, 0.25) is 0 Å². The maximum atomic E-state index is 12.0. The van der Waals surface area contributed by atoms with Gasteiger partial charge in [0.25, 0.3) is 0 Å². The molecule has 0 aromatic rings. The summed E-state index contributed by atoms with van der Waals surface area (Å²) in [4.78, 5) is 46.0. The predicted octanol–water partition coefficient (Wildman–Crippen LogP) is 1.23. The van der Waals surface area contributed by atoms with Gasteiger partial charge in [-0.15, -0.1) is 0 Å². The van der Waals surface area contributed by atoms with Crippen LogP contribution in [0.3, 0.4) is 0 Å². The van der Waals surface area contributed by atoms with Gasteiger partial charge in [-0.1, -0.05) is 34.8 Å². The highest BCUT2D eigenvalue weighted by atomic mass is 35.6. The Labute approximate surface area is 169 Å². The molecule has 27 heavy (non-hydrogen) atoms. The maximum absolute atomic E-state index is 12.0. The predicted molar refractivity (Wildman–Crippen MR) is 91.2 cm³/mol. The average molecular weight is 451 g/mol. The van der Waals surface area contributed by atoms with Crippen LogP contribution in [0.1, 0.15) is 20.8 Å². The molecule has 0 radical (unpaired) electrons. The standard InChI is InChI=1S/C14H18Cl3NO9/c1-6(19)25-9-4-23-12(27-8(3)21)10(11(9)26-7(2)20)18-13(22)24-5-14(15,16)17/h9-12H,4-5H2,1-3H3,(H,18,22)/t9-,10-,11+,12-/m1/s1. The molecule has 1 amide bonds. The average Bonchev–Trinajstić information content (AvgIpc) is 2.49. The highest BCUT2D eigenvalue weighted by Crippen LogP contribution is 2.26. The van der Waals surface area contributed by atoms with Crippen LogP contribution in [-0.2, 0) is 38.1 Å². The van der Waals surface area contributed by atoms with Crippen LogP contribution in [0.25, 0.3) is 0 Å². The van der Waals surface area contributed by atoms with Crippen molar-refractivity contribution in [2.24, 2.45) is 0 Å². The molecule has 0 spiro atoms. The van der Waals surface area contributed by atoms with Crippen molar-refractivity contribution in [2.75, 3.05) is 13.2 Å². The first-order valence-electron chi connectivity index (χ1n) is 7.52. The molecule has 1 heterocycles. The number of carbonyl (C=O) groups excluding carboxylic acids is 4. The summed E-state index contributed by atoms with van der Waals surface area (Å²) in [6.45, 7) is 2.53. The molecule has 0 aromatic heterocycles. The molecular formula is C14H18Cl3NO9. The Bertz CT molecular complexity index is 581. The summed E-state index contributed by atoms with van der Waals surface area (Å²) in [5.74, 6) is -2.14. The number of nitrogens with one attached hydrogen (secondary N) is 1. The first-order chi connectivity index (χ1) is 12.4. The van der Waals surface area contributed by atoms with Gasteiger partial charge < -0.3 is 29.0 Å². The van der Waals surface area contributed by atoms with Crippen molar-refractivity contribution in [2.45, 2.75) is 49.1 Å².